The number of amides is 1. The van der Waals surface area contributed by atoms with Crippen LogP contribution in [0.1, 0.15) is 25.0 Å². The molecular formula is C15H15F7N2O2. The molecule has 1 aromatic carbocycles. The maximum Gasteiger partial charge on any atom is 0.416 e. The number of carbonyl (C=O) groups is 1. The van der Waals surface area contributed by atoms with E-state index in [0.717, 1.165) is 0 Å². The molecule has 1 atom stereocenters. The number of hydrogen-bond donors (Lipinski definition) is 1. The summed E-state index contributed by atoms with van der Waals surface area (Å²) in [5, 5.41) is 5.32. The second-order valence-electron chi connectivity index (χ2n) is 5.40. The molecule has 0 fully saturated rings. The number of carbonyl (C=O) groups excluding carboxylic acids is 1. The molecule has 26 heavy (non-hydrogen) atoms. The van der Waals surface area contributed by atoms with Gasteiger partial charge in [0.05, 0.1) is 23.5 Å². The van der Waals surface area contributed by atoms with Gasteiger partial charge in [0.2, 0.25) is 0 Å². The zero-order valence-electron chi connectivity index (χ0n) is 13.6. The van der Waals surface area contributed by atoms with Gasteiger partial charge in [0.1, 0.15) is 0 Å². The van der Waals surface area contributed by atoms with E-state index < -0.39 is 54.3 Å². The van der Waals surface area contributed by atoms with Crippen LogP contribution >= 0.6 is 0 Å². The van der Waals surface area contributed by atoms with Gasteiger partial charge in [0, 0.05) is 11.6 Å². The summed E-state index contributed by atoms with van der Waals surface area (Å²) in [5.74, 6) is -1.59. The van der Waals surface area contributed by atoms with Crippen LogP contribution in [0.3, 0.4) is 0 Å². The predicted octanol–water partition coefficient (Wildman–Crippen LogP) is 4.66. The second kappa shape index (κ2) is 8.37. The van der Waals surface area contributed by atoms with Crippen molar-refractivity contribution in [3.8, 4) is 0 Å². The molecule has 0 bridgehead atoms. The molecule has 0 saturated carbocycles. The van der Waals surface area contributed by atoms with Gasteiger partial charge in [-0.1, -0.05) is 12.1 Å². The maximum atomic E-state index is 12.7. The Morgan fingerprint density at radius 1 is 1.12 bits per heavy atom. The maximum absolute atomic E-state index is 12.7. The van der Waals surface area contributed by atoms with Gasteiger partial charge in [-0.05, 0) is 25.1 Å². The largest absolute Gasteiger partial charge is 0.416 e. The fourth-order valence-corrected chi connectivity index (χ4v) is 1.62. The van der Waals surface area contributed by atoms with E-state index >= 15 is 0 Å². The molecule has 0 radical (unpaired) electrons. The number of alkyl halides is 7. The standard InChI is InChI=1S/C15H15F7N2O2/c1-8(6-16)9(2)24-26-7-13(25)23-12-4-10(14(17,18)19)3-11(5-12)15(20,21)22/h3-5,8H,6-7H2,1-2H3,(H,23,25)/b24-9+. The monoisotopic (exact) mass is 388 g/mol. The van der Waals surface area contributed by atoms with E-state index in [4.69, 9.17) is 0 Å². The Hall–Kier alpha value is -2.33. The normalized spacial score (nSPS) is 14.1. The molecule has 1 rings (SSSR count). The third-order valence-electron chi connectivity index (χ3n) is 3.22. The lowest BCUT2D eigenvalue weighted by Gasteiger charge is -2.14. The van der Waals surface area contributed by atoms with Gasteiger partial charge in [-0.2, -0.15) is 26.3 Å². The smallest absolute Gasteiger partial charge is 0.386 e. The number of nitrogens with zero attached hydrogens (tertiary/aromatic N) is 1. The highest BCUT2D eigenvalue weighted by Gasteiger charge is 2.37. The number of halogens is 7. The highest BCUT2D eigenvalue weighted by Crippen LogP contribution is 2.37. The minimum atomic E-state index is -5.03. The van der Waals surface area contributed by atoms with Crippen LogP contribution in [0.2, 0.25) is 0 Å². The Morgan fingerprint density at radius 2 is 1.62 bits per heavy atom. The summed E-state index contributed by atoms with van der Waals surface area (Å²) < 4.78 is 88.7. The number of anilines is 1. The third-order valence-corrected chi connectivity index (χ3v) is 3.22. The van der Waals surface area contributed by atoms with Gasteiger partial charge in [-0.15, -0.1) is 0 Å². The van der Waals surface area contributed by atoms with Crippen molar-refractivity contribution < 1.29 is 40.4 Å². The average Bonchev–Trinajstić information content (AvgIpc) is 2.51. The zero-order chi connectivity index (χ0) is 20.1. The molecule has 0 aliphatic carbocycles. The number of benzene rings is 1. The topological polar surface area (TPSA) is 50.7 Å². The van der Waals surface area contributed by atoms with E-state index in [1.807, 2.05) is 5.32 Å². The van der Waals surface area contributed by atoms with Crippen LogP contribution < -0.4 is 5.32 Å². The van der Waals surface area contributed by atoms with E-state index in [9.17, 15) is 35.5 Å². The number of hydrogen-bond acceptors (Lipinski definition) is 3. The fourth-order valence-electron chi connectivity index (χ4n) is 1.62. The van der Waals surface area contributed by atoms with Crippen LogP contribution in [0.4, 0.5) is 36.4 Å². The van der Waals surface area contributed by atoms with Gasteiger partial charge in [0.25, 0.3) is 5.91 Å². The summed E-state index contributed by atoms with van der Waals surface area (Å²) in [6.45, 7) is 1.46. The van der Waals surface area contributed by atoms with Crippen molar-refractivity contribution in [1.82, 2.24) is 0 Å². The summed E-state index contributed by atoms with van der Waals surface area (Å²) >= 11 is 0. The van der Waals surface area contributed by atoms with E-state index in [2.05, 4.69) is 9.99 Å². The third kappa shape index (κ3) is 6.52. The lowest BCUT2D eigenvalue weighted by atomic mass is 10.1. The van der Waals surface area contributed by atoms with Crippen molar-refractivity contribution in [3.63, 3.8) is 0 Å². The van der Waals surface area contributed by atoms with Crippen LogP contribution in [0.15, 0.2) is 23.4 Å². The van der Waals surface area contributed by atoms with Crippen molar-refractivity contribution in [1.29, 1.82) is 0 Å². The first-order valence-electron chi connectivity index (χ1n) is 7.16. The average molecular weight is 388 g/mol. The number of rotatable bonds is 6. The van der Waals surface area contributed by atoms with Gasteiger partial charge in [0.15, 0.2) is 6.61 Å². The van der Waals surface area contributed by atoms with Crippen LogP contribution in [0, 0.1) is 5.92 Å². The summed E-state index contributed by atoms with van der Waals surface area (Å²) in [4.78, 5) is 16.2. The minimum Gasteiger partial charge on any atom is -0.386 e. The summed E-state index contributed by atoms with van der Waals surface area (Å²) in [6, 6.07) is 0.678. The Labute approximate surface area is 144 Å². The van der Waals surface area contributed by atoms with Gasteiger partial charge >= 0.3 is 12.4 Å². The molecule has 0 aliphatic rings. The van der Waals surface area contributed by atoms with Gasteiger partial charge in [-0.25, -0.2) is 0 Å². The molecule has 1 amide bonds. The van der Waals surface area contributed by atoms with Crippen molar-refractivity contribution in [3.05, 3.63) is 29.3 Å². The molecule has 1 N–H and O–H groups in total. The first-order chi connectivity index (χ1) is 11.8. The molecular weight excluding hydrogens is 373 g/mol. The second-order valence-corrected chi connectivity index (χ2v) is 5.40. The summed E-state index contributed by atoms with van der Waals surface area (Å²) in [6.07, 6.45) is -10.1. The molecule has 0 spiro atoms. The first kappa shape index (κ1) is 21.7. The molecule has 4 nitrogen and oxygen atoms in total. The molecule has 0 aliphatic heterocycles. The van der Waals surface area contributed by atoms with Crippen molar-refractivity contribution in [2.75, 3.05) is 18.6 Å². The van der Waals surface area contributed by atoms with E-state index in [1.54, 1.807) is 0 Å². The van der Waals surface area contributed by atoms with E-state index in [0.29, 0.717) is 12.1 Å². The van der Waals surface area contributed by atoms with Crippen LogP contribution in [0.5, 0.6) is 0 Å². The molecule has 146 valence electrons. The summed E-state index contributed by atoms with van der Waals surface area (Å²) in [5.41, 5.74) is -3.58. The summed E-state index contributed by atoms with van der Waals surface area (Å²) in [7, 11) is 0. The Morgan fingerprint density at radius 3 is 2.04 bits per heavy atom. The minimum absolute atomic E-state index is 0.0574. The molecule has 11 heteroatoms. The Bertz CT molecular complexity index is 637. The molecule has 0 heterocycles. The zero-order valence-corrected chi connectivity index (χ0v) is 13.6. The van der Waals surface area contributed by atoms with Crippen LogP contribution in [-0.2, 0) is 22.0 Å². The van der Waals surface area contributed by atoms with E-state index in [1.165, 1.54) is 13.8 Å². The molecule has 1 unspecified atom stereocenters. The Kier molecular flexibility index (Phi) is 6.99. The van der Waals surface area contributed by atoms with Crippen molar-refractivity contribution in [2.24, 2.45) is 11.1 Å². The Balaban J connectivity index is 2.90. The van der Waals surface area contributed by atoms with Gasteiger partial charge in [-0.3, -0.25) is 9.18 Å². The van der Waals surface area contributed by atoms with Gasteiger partial charge < -0.3 is 10.2 Å². The van der Waals surface area contributed by atoms with Crippen molar-refractivity contribution in [2.45, 2.75) is 26.2 Å². The number of oxime groups is 1. The van der Waals surface area contributed by atoms with E-state index in [-0.39, 0.29) is 11.8 Å². The SMILES string of the molecule is C/C(=N\OCC(=O)Nc1cc(C(F)(F)F)cc(C(F)(F)F)c1)C(C)CF. The molecule has 0 saturated heterocycles. The predicted molar refractivity (Wildman–Crippen MR) is 79.3 cm³/mol. The highest BCUT2D eigenvalue weighted by atomic mass is 19.4. The molecule has 0 aromatic heterocycles. The van der Waals surface area contributed by atoms with Crippen LogP contribution in [-0.4, -0.2) is 24.9 Å². The van der Waals surface area contributed by atoms with Crippen LogP contribution in [0.25, 0.3) is 0 Å². The highest BCUT2D eigenvalue weighted by molar-refractivity contribution is 5.92. The molecule has 1 aromatic rings. The number of nitrogens with one attached hydrogen (secondary N) is 1. The fraction of sp³-hybridized carbons (Fsp3) is 0.467. The quantitative estimate of drug-likeness (QED) is 0.438. The lowest BCUT2D eigenvalue weighted by molar-refractivity contribution is -0.143. The first-order valence-corrected chi connectivity index (χ1v) is 7.16. The lowest BCUT2D eigenvalue weighted by Crippen LogP contribution is -2.19. The van der Waals surface area contributed by atoms with Crippen molar-refractivity contribution >= 4 is 17.3 Å².